The van der Waals surface area contributed by atoms with Gasteiger partial charge in [0.1, 0.15) is 6.04 Å². The molecule has 1 fully saturated rings. The summed E-state index contributed by atoms with van der Waals surface area (Å²) in [5.41, 5.74) is 1.86. The molecular weight excluding hydrogens is 390 g/mol. The van der Waals surface area contributed by atoms with Crippen molar-refractivity contribution in [3.63, 3.8) is 0 Å². The first-order chi connectivity index (χ1) is 13.8. The third-order valence-corrected chi connectivity index (χ3v) is 6.64. The molecule has 0 aliphatic carbocycles. The molecule has 3 rings (SSSR count). The highest BCUT2D eigenvalue weighted by Crippen LogP contribution is 2.40. The SMILES string of the molecule is C=CC[C@H]1O[C@@H](c2ccccc2)C[C@@H]1C(NS(=O)(=O)c1ccc(C)cc1)C(=O)O. The molecule has 154 valence electrons. The van der Waals surface area contributed by atoms with E-state index in [2.05, 4.69) is 11.3 Å². The Morgan fingerprint density at radius 1 is 1.24 bits per heavy atom. The number of aryl methyl sites for hydroxylation is 1. The molecule has 2 aromatic rings. The Bertz CT molecular complexity index is 956. The molecule has 1 unspecified atom stereocenters. The zero-order valence-corrected chi connectivity index (χ0v) is 17.0. The molecule has 2 aromatic carbocycles. The van der Waals surface area contributed by atoms with E-state index in [9.17, 15) is 18.3 Å². The maximum atomic E-state index is 12.8. The molecule has 7 heteroatoms. The number of hydrogen-bond donors (Lipinski definition) is 2. The fraction of sp³-hybridized carbons (Fsp3) is 0.318. The number of carboxylic acids is 1. The van der Waals surface area contributed by atoms with Crippen molar-refractivity contribution in [1.29, 1.82) is 0 Å². The van der Waals surface area contributed by atoms with Gasteiger partial charge in [-0.25, -0.2) is 8.42 Å². The van der Waals surface area contributed by atoms with Gasteiger partial charge in [0.05, 0.1) is 17.1 Å². The van der Waals surface area contributed by atoms with Crippen molar-refractivity contribution in [3.05, 3.63) is 78.4 Å². The number of rotatable bonds is 8. The summed E-state index contributed by atoms with van der Waals surface area (Å²) < 4.78 is 34.1. The Hall–Kier alpha value is -2.48. The zero-order chi connectivity index (χ0) is 21.0. The summed E-state index contributed by atoms with van der Waals surface area (Å²) in [6.07, 6.45) is 1.76. The second kappa shape index (κ2) is 8.90. The van der Waals surface area contributed by atoms with Gasteiger partial charge in [-0.3, -0.25) is 4.79 Å². The number of aliphatic carboxylic acids is 1. The topological polar surface area (TPSA) is 92.7 Å². The van der Waals surface area contributed by atoms with E-state index in [1.807, 2.05) is 37.3 Å². The maximum absolute atomic E-state index is 12.8. The Morgan fingerprint density at radius 3 is 2.48 bits per heavy atom. The van der Waals surface area contributed by atoms with E-state index in [1.54, 1.807) is 18.2 Å². The molecule has 4 atom stereocenters. The molecule has 1 aliphatic heterocycles. The number of nitrogens with one attached hydrogen (secondary N) is 1. The van der Waals surface area contributed by atoms with Gasteiger partial charge in [-0.05, 0) is 37.5 Å². The number of benzene rings is 2. The second-order valence-electron chi connectivity index (χ2n) is 7.25. The average molecular weight is 416 g/mol. The summed E-state index contributed by atoms with van der Waals surface area (Å²) in [4.78, 5) is 12.1. The van der Waals surface area contributed by atoms with E-state index >= 15 is 0 Å². The second-order valence-corrected chi connectivity index (χ2v) is 8.96. The predicted molar refractivity (Wildman–Crippen MR) is 110 cm³/mol. The summed E-state index contributed by atoms with van der Waals surface area (Å²) >= 11 is 0. The molecular formula is C22H25NO5S. The Morgan fingerprint density at radius 2 is 1.90 bits per heavy atom. The predicted octanol–water partition coefficient (Wildman–Crippen LogP) is 3.45. The summed E-state index contributed by atoms with van der Waals surface area (Å²) in [7, 11) is -3.99. The molecule has 0 spiro atoms. The van der Waals surface area contributed by atoms with Crippen molar-refractivity contribution < 1.29 is 23.1 Å². The molecule has 0 saturated carbocycles. The van der Waals surface area contributed by atoms with Crippen molar-refractivity contribution in [2.75, 3.05) is 0 Å². The van der Waals surface area contributed by atoms with Crippen molar-refractivity contribution in [1.82, 2.24) is 4.72 Å². The third-order valence-electron chi connectivity index (χ3n) is 5.18. The lowest BCUT2D eigenvalue weighted by atomic mass is 9.89. The van der Waals surface area contributed by atoms with Gasteiger partial charge in [0.2, 0.25) is 10.0 Å². The molecule has 1 saturated heterocycles. The van der Waals surface area contributed by atoms with Crippen molar-refractivity contribution in [2.45, 2.75) is 42.9 Å². The first-order valence-corrected chi connectivity index (χ1v) is 10.9. The summed E-state index contributed by atoms with van der Waals surface area (Å²) in [6.45, 7) is 5.58. The number of ether oxygens (including phenoxy) is 1. The smallest absolute Gasteiger partial charge is 0.322 e. The van der Waals surface area contributed by atoms with Gasteiger partial charge in [0, 0.05) is 5.92 Å². The first kappa shape index (κ1) is 21.2. The molecule has 1 heterocycles. The number of carbonyl (C=O) groups is 1. The van der Waals surface area contributed by atoms with E-state index in [4.69, 9.17) is 4.74 Å². The van der Waals surface area contributed by atoms with Gasteiger partial charge in [0.15, 0.2) is 0 Å². The van der Waals surface area contributed by atoms with E-state index < -0.39 is 34.1 Å². The zero-order valence-electron chi connectivity index (χ0n) is 16.2. The van der Waals surface area contributed by atoms with E-state index in [1.165, 1.54) is 12.1 Å². The highest BCUT2D eigenvalue weighted by Gasteiger charge is 2.44. The van der Waals surface area contributed by atoms with Crippen LogP contribution in [0.5, 0.6) is 0 Å². The third kappa shape index (κ3) is 4.93. The Labute approximate surface area is 171 Å². The fourth-order valence-electron chi connectivity index (χ4n) is 3.67. The van der Waals surface area contributed by atoms with Crippen LogP contribution in [0.4, 0.5) is 0 Å². The highest BCUT2D eigenvalue weighted by molar-refractivity contribution is 7.89. The van der Waals surface area contributed by atoms with Crippen molar-refractivity contribution >= 4 is 16.0 Å². The number of sulfonamides is 1. The highest BCUT2D eigenvalue weighted by atomic mass is 32.2. The van der Waals surface area contributed by atoms with E-state index in [0.29, 0.717) is 12.8 Å². The van der Waals surface area contributed by atoms with E-state index in [0.717, 1.165) is 11.1 Å². The van der Waals surface area contributed by atoms with Crippen LogP contribution in [0.15, 0.2) is 72.1 Å². The summed E-state index contributed by atoms with van der Waals surface area (Å²) in [5.74, 6) is -1.76. The van der Waals surface area contributed by atoms with Crippen molar-refractivity contribution in [3.8, 4) is 0 Å². The minimum atomic E-state index is -3.99. The van der Waals surface area contributed by atoms with Crippen LogP contribution in [0.3, 0.4) is 0 Å². The molecule has 1 aliphatic rings. The van der Waals surface area contributed by atoms with Gasteiger partial charge in [-0.2, -0.15) is 4.72 Å². The van der Waals surface area contributed by atoms with Crippen LogP contribution in [0.1, 0.15) is 30.1 Å². The van der Waals surface area contributed by atoms with Crippen molar-refractivity contribution in [2.24, 2.45) is 5.92 Å². The first-order valence-electron chi connectivity index (χ1n) is 9.45. The quantitative estimate of drug-likeness (QED) is 0.644. The van der Waals surface area contributed by atoms with Crippen LogP contribution in [0.25, 0.3) is 0 Å². The van der Waals surface area contributed by atoms with Gasteiger partial charge < -0.3 is 9.84 Å². The molecule has 6 nitrogen and oxygen atoms in total. The number of hydrogen-bond acceptors (Lipinski definition) is 4. The summed E-state index contributed by atoms with van der Waals surface area (Å²) in [5, 5.41) is 9.82. The lowest BCUT2D eigenvalue weighted by Gasteiger charge is -2.24. The molecule has 29 heavy (non-hydrogen) atoms. The van der Waals surface area contributed by atoms with Gasteiger partial charge in [0.25, 0.3) is 0 Å². The van der Waals surface area contributed by atoms with Crippen LogP contribution in [0.2, 0.25) is 0 Å². The normalized spacial score (nSPS) is 22.9. The Kier molecular flexibility index (Phi) is 6.52. The van der Waals surface area contributed by atoms with Crippen LogP contribution in [-0.2, 0) is 19.6 Å². The maximum Gasteiger partial charge on any atom is 0.322 e. The lowest BCUT2D eigenvalue weighted by molar-refractivity contribution is -0.141. The summed E-state index contributed by atoms with van der Waals surface area (Å²) in [6, 6.07) is 14.5. The van der Waals surface area contributed by atoms with Crippen LogP contribution in [-0.4, -0.2) is 31.6 Å². The monoisotopic (exact) mass is 415 g/mol. The minimum absolute atomic E-state index is 0.0353. The molecule has 0 radical (unpaired) electrons. The minimum Gasteiger partial charge on any atom is -0.480 e. The number of carboxylic acid groups (broad SMARTS) is 1. The molecule has 0 aromatic heterocycles. The molecule has 2 N–H and O–H groups in total. The Balaban J connectivity index is 1.87. The van der Waals surface area contributed by atoms with Gasteiger partial charge >= 0.3 is 5.97 Å². The van der Waals surface area contributed by atoms with Crippen LogP contribution >= 0.6 is 0 Å². The molecule has 0 amide bonds. The molecule has 0 bridgehead atoms. The lowest BCUT2D eigenvalue weighted by Crippen LogP contribution is -2.48. The van der Waals surface area contributed by atoms with Crippen LogP contribution in [0, 0.1) is 12.8 Å². The fourth-order valence-corrected chi connectivity index (χ4v) is 4.91. The van der Waals surface area contributed by atoms with Gasteiger partial charge in [-0.1, -0.05) is 54.1 Å². The largest absolute Gasteiger partial charge is 0.480 e. The van der Waals surface area contributed by atoms with E-state index in [-0.39, 0.29) is 11.0 Å². The van der Waals surface area contributed by atoms with Gasteiger partial charge in [-0.15, -0.1) is 6.58 Å². The average Bonchev–Trinajstić information content (AvgIpc) is 3.11. The standard InChI is InChI=1S/C22H25NO5S/c1-3-7-19-18(14-20(28-19)16-8-5-4-6-9-16)21(22(24)25)23-29(26,27)17-12-10-15(2)11-13-17/h3-6,8-13,18-21,23H,1,7,14H2,2H3,(H,24,25)/t18-,19+,20+,21?/m0/s1. The van der Waals surface area contributed by atoms with Crippen LogP contribution < -0.4 is 4.72 Å².